The summed E-state index contributed by atoms with van der Waals surface area (Å²) < 4.78 is 0. The standard InChI is InChI=1S/C18H26N2S/c1-13(2)20(12-14-6-4-3-5-7-14)18(21)19-17-11-15-8-9-16(17)10-15/h3-7,13,15-17H,8-12H2,1-2H3,(H,19,21)/t15-,16+,17+/m0/s1. The lowest BCUT2D eigenvalue weighted by atomic mass is 9.95. The minimum absolute atomic E-state index is 0.420. The van der Waals surface area contributed by atoms with Crippen molar-refractivity contribution in [2.75, 3.05) is 0 Å². The van der Waals surface area contributed by atoms with Crippen molar-refractivity contribution >= 4 is 17.3 Å². The average Bonchev–Trinajstić information content (AvgIpc) is 3.08. The number of rotatable bonds is 4. The van der Waals surface area contributed by atoms with Crippen LogP contribution in [0.1, 0.15) is 45.1 Å². The van der Waals surface area contributed by atoms with E-state index in [0.717, 1.165) is 23.5 Å². The van der Waals surface area contributed by atoms with Gasteiger partial charge in [0.1, 0.15) is 0 Å². The van der Waals surface area contributed by atoms with E-state index in [1.165, 1.54) is 31.2 Å². The minimum Gasteiger partial charge on any atom is -0.360 e. The predicted molar refractivity (Wildman–Crippen MR) is 92.1 cm³/mol. The number of nitrogens with one attached hydrogen (secondary N) is 1. The number of nitrogens with zero attached hydrogens (tertiary/aromatic N) is 1. The van der Waals surface area contributed by atoms with Gasteiger partial charge in [-0.05, 0) is 62.7 Å². The lowest BCUT2D eigenvalue weighted by Gasteiger charge is -2.33. The van der Waals surface area contributed by atoms with E-state index in [-0.39, 0.29) is 0 Å². The van der Waals surface area contributed by atoms with E-state index in [2.05, 4.69) is 54.4 Å². The van der Waals surface area contributed by atoms with Gasteiger partial charge in [0.15, 0.2) is 5.11 Å². The molecule has 0 spiro atoms. The molecule has 0 aromatic heterocycles. The molecule has 3 rings (SSSR count). The van der Waals surface area contributed by atoms with Crippen molar-refractivity contribution in [3.05, 3.63) is 35.9 Å². The summed E-state index contributed by atoms with van der Waals surface area (Å²) in [6, 6.07) is 11.7. The van der Waals surface area contributed by atoms with E-state index in [0.29, 0.717) is 12.1 Å². The van der Waals surface area contributed by atoms with Crippen LogP contribution in [0.5, 0.6) is 0 Å². The molecule has 0 unspecified atom stereocenters. The zero-order valence-electron chi connectivity index (χ0n) is 13.1. The van der Waals surface area contributed by atoms with Crippen LogP contribution in [0.3, 0.4) is 0 Å². The Balaban J connectivity index is 1.62. The van der Waals surface area contributed by atoms with Gasteiger partial charge in [-0.2, -0.15) is 0 Å². The monoisotopic (exact) mass is 302 g/mol. The number of benzene rings is 1. The van der Waals surface area contributed by atoms with Crippen molar-refractivity contribution in [1.82, 2.24) is 10.2 Å². The zero-order valence-corrected chi connectivity index (χ0v) is 13.9. The number of hydrogen-bond donors (Lipinski definition) is 1. The summed E-state index contributed by atoms with van der Waals surface area (Å²) in [5.74, 6) is 1.82. The fraction of sp³-hybridized carbons (Fsp3) is 0.611. The van der Waals surface area contributed by atoms with Gasteiger partial charge >= 0.3 is 0 Å². The Morgan fingerprint density at radius 3 is 2.57 bits per heavy atom. The highest BCUT2D eigenvalue weighted by Crippen LogP contribution is 2.44. The molecule has 3 heteroatoms. The van der Waals surface area contributed by atoms with Crippen molar-refractivity contribution < 1.29 is 0 Å². The number of hydrogen-bond acceptors (Lipinski definition) is 1. The highest BCUT2D eigenvalue weighted by atomic mass is 32.1. The fourth-order valence-corrected chi connectivity index (χ4v) is 4.36. The topological polar surface area (TPSA) is 15.3 Å². The average molecular weight is 302 g/mol. The van der Waals surface area contributed by atoms with E-state index in [1.54, 1.807) is 0 Å². The molecule has 0 aliphatic heterocycles. The zero-order chi connectivity index (χ0) is 14.8. The Morgan fingerprint density at radius 2 is 2.00 bits per heavy atom. The van der Waals surface area contributed by atoms with Gasteiger partial charge in [-0.3, -0.25) is 0 Å². The molecule has 0 radical (unpaired) electrons. The molecule has 2 aliphatic rings. The van der Waals surface area contributed by atoms with Crippen molar-refractivity contribution in [2.45, 2.75) is 58.2 Å². The van der Waals surface area contributed by atoms with Gasteiger partial charge < -0.3 is 10.2 Å². The molecule has 2 nitrogen and oxygen atoms in total. The van der Waals surface area contributed by atoms with E-state index < -0.39 is 0 Å². The summed E-state index contributed by atoms with van der Waals surface area (Å²) in [7, 11) is 0. The Morgan fingerprint density at radius 1 is 1.24 bits per heavy atom. The smallest absolute Gasteiger partial charge is 0.169 e. The van der Waals surface area contributed by atoms with Gasteiger partial charge in [0.05, 0.1) is 0 Å². The maximum atomic E-state index is 5.72. The largest absolute Gasteiger partial charge is 0.360 e. The van der Waals surface area contributed by atoms with Crippen molar-refractivity contribution in [2.24, 2.45) is 11.8 Å². The first kappa shape index (κ1) is 14.8. The minimum atomic E-state index is 0.420. The van der Waals surface area contributed by atoms with E-state index in [4.69, 9.17) is 12.2 Å². The molecule has 0 saturated heterocycles. The van der Waals surface area contributed by atoms with Gasteiger partial charge in [-0.25, -0.2) is 0 Å². The van der Waals surface area contributed by atoms with Crippen LogP contribution in [0.15, 0.2) is 30.3 Å². The van der Waals surface area contributed by atoms with Gasteiger partial charge in [0.2, 0.25) is 0 Å². The van der Waals surface area contributed by atoms with Crippen LogP contribution in [0.2, 0.25) is 0 Å². The lowest BCUT2D eigenvalue weighted by molar-refractivity contribution is 0.316. The Labute approximate surface area is 133 Å². The molecule has 2 fully saturated rings. The fourth-order valence-electron chi connectivity index (χ4n) is 3.93. The summed E-state index contributed by atoms with van der Waals surface area (Å²) >= 11 is 5.72. The second kappa shape index (κ2) is 6.35. The molecule has 114 valence electrons. The van der Waals surface area contributed by atoms with Crippen LogP contribution in [0, 0.1) is 11.8 Å². The second-order valence-electron chi connectivity index (χ2n) is 6.94. The molecular formula is C18H26N2S. The van der Waals surface area contributed by atoms with Gasteiger partial charge in [0, 0.05) is 18.6 Å². The Kier molecular flexibility index (Phi) is 4.48. The van der Waals surface area contributed by atoms with Gasteiger partial charge in [-0.15, -0.1) is 0 Å². The molecule has 2 saturated carbocycles. The van der Waals surface area contributed by atoms with Crippen molar-refractivity contribution in [3.63, 3.8) is 0 Å². The second-order valence-corrected chi connectivity index (χ2v) is 7.32. The third kappa shape index (κ3) is 3.39. The predicted octanol–water partition coefficient (Wildman–Crippen LogP) is 3.96. The van der Waals surface area contributed by atoms with Crippen LogP contribution in [0.4, 0.5) is 0 Å². The van der Waals surface area contributed by atoms with Gasteiger partial charge in [-0.1, -0.05) is 36.8 Å². The van der Waals surface area contributed by atoms with Crippen molar-refractivity contribution in [1.29, 1.82) is 0 Å². The molecule has 2 bridgehead atoms. The molecule has 1 aromatic carbocycles. The highest BCUT2D eigenvalue weighted by Gasteiger charge is 2.40. The first-order valence-corrected chi connectivity index (χ1v) is 8.65. The summed E-state index contributed by atoms with van der Waals surface area (Å²) in [5.41, 5.74) is 1.32. The molecule has 0 amide bonds. The maximum Gasteiger partial charge on any atom is 0.169 e. The molecule has 3 atom stereocenters. The summed E-state index contributed by atoms with van der Waals surface area (Å²) in [6.45, 7) is 5.33. The van der Waals surface area contributed by atoms with Crippen LogP contribution in [-0.2, 0) is 6.54 Å². The normalized spacial score (nSPS) is 27.1. The van der Waals surface area contributed by atoms with Crippen LogP contribution >= 0.6 is 12.2 Å². The molecule has 1 aromatic rings. The Hall–Kier alpha value is -1.09. The van der Waals surface area contributed by atoms with E-state index in [9.17, 15) is 0 Å². The summed E-state index contributed by atoms with van der Waals surface area (Å²) in [6.07, 6.45) is 5.57. The molecule has 1 N–H and O–H groups in total. The van der Waals surface area contributed by atoms with Crippen LogP contribution < -0.4 is 5.32 Å². The number of thiocarbonyl (C=S) groups is 1. The first-order valence-electron chi connectivity index (χ1n) is 8.24. The van der Waals surface area contributed by atoms with Crippen LogP contribution in [-0.4, -0.2) is 22.1 Å². The van der Waals surface area contributed by atoms with E-state index in [1.807, 2.05) is 0 Å². The summed E-state index contributed by atoms with van der Waals surface area (Å²) in [5, 5.41) is 4.61. The third-order valence-electron chi connectivity index (χ3n) is 5.13. The first-order chi connectivity index (χ1) is 10.1. The molecular weight excluding hydrogens is 276 g/mol. The molecule has 0 heterocycles. The van der Waals surface area contributed by atoms with E-state index >= 15 is 0 Å². The van der Waals surface area contributed by atoms with Crippen molar-refractivity contribution in [3.8, 4) is 0 Å². The highest BCUT2D eigenvalue weighted by molar-refractivity contribution is 7.80. The lowest BCUT2D eigenvalue weighted by Crippen LogP contribution is -2.48. The maximum absolute atomic E-state index is 5.72. The Bertz CT molecular complexity index is 485. The molecule has 21 heavy (non-hydrogen) atoms. The van der Waals surface area contributed by atoms with Crippen LogP contribution in [0.25, 0.3) is 0 Å². The SMILES string of the molecule is CC(C)N(Cc1ccccc1)C(=S)N[C@@H]1C[C@H]2CC[C@@H]1C2. The number of fused-ring (bicyclic) bond motifs is 2. The third-order valence-corrected chi connectivity index (χ3v) is 5.48. The van der Waals surface area contributed by atoms with Gasteiger partial charge in [0.25, 0.3) is 0 Å². The quantitative estimate of drug-likeness (QED) is 0.848. The molecule has 2 aliphatic carbocycles. The summed E-state index contributed by atoms with van der Waals surface area (Å²) in [4.78, 5) is 2.32.